The lowest BCUT2D eigenvalue weighted by Crippen LogP contribution is -2.35. The van der Waals surface area contributed by atoms with Gasteiger partial charge in [0, 0.05) is 7.11 Å². The van der Waals surface area contributed by atoms with Crippen LogP contribution in [0.4, 0.5) is 0 Å². The highest BCUT2D eigenvalue weighted by Crippen LogP contribution is 2.51. The molecule has 1 aliphatic rings. The molecule has 2 N–H and O–H groups in total. The Bertz CT molecular complexity index is 452. The molecule has 21 heavy (non-hydrogen) atoms. The third kappa shape index (κ3) is 3.69. The van der Waals surface area contributed by atoms with E-state index in [1.807, 2.05) is 10.9 Å². The summed E-state index contributed by atoms with van der Waals surface area (Å²) in [6.07, 6.45) is 8.11. The zero-order valence-electron chi connectivity index (χ0n) is 13.4. The van der Waals surface area contributed by atoms with Gasteiger partial charge in [0.25, 0.3) is 0 Å². The maximum atomic E-state index is 6.77. The molecule has 1 aromatic heterocycles. The van der Waals surface area contributed by atoms with Gasteiger partial charge in [-0.15, -0.1) is 0 Å². The van der Waals surface area contributed by atoms with Crippen LogP contribution in [0.1, 0.15) is 57.7 Å². The van der Waals surface area contributed by atoms with Crippen LogP contribution in [0, 0.1) is 11.3 Å². The molecule has 1 aliphatic carbocycles. The Morgan fingerprint density at radius 2 is 2.10 bits per heavy atom. The number of nitrogens with two attached hydrogens (primary N) is 1. The highest BCUT2D eigenvalue weighted by Gasteiger charge is 2.42. The van der Waals surface area contributed by atoms with Crippen LogP contribution in [0.25, 0.3) is 0 Å². The van der Waals surface area contributed by atoms with E-state index in [-0.39, 0.29) is 11.5 Å². The summed E-state index contributed by atoms with van der Waals surface area (Å²) in [6.45, 7) is 6.00. The van der Waals surface area contributed by atoms with Gasteiger partial charge >= 0.3 is 0 Å². The smallest absolute Gasteiger partial charge is 0.0700 e. The van der Waals surface area contributed by atoms with Gasteiger partial charge < -0.3 is 10.5 Å². The topological polar surface area (TPSA) is 53.1 Å². The van der Waals surface area contributed by atoms with E-state index < -0.39 is 0 Å². The molecule has 0 spiro atoms. The monoisotopic (exact) mass is 357 g/mol. The summed E-state index contributed by atoms with van der Waals surface area (Å²) in [7, 11) is 1.72. The van der Waals surface area contributed by atoms with Crippen molar-refractivity contribution in [3.8, 4) is 0 Å². The van der Waals surface area contributed by atoms with Gasteiger partial charge in [0.15, 0.2) is 0 Å². The molecule has 0 amide bonds. The molecular formula is C16H28BrN3O. The molecule has 1 aromatic rings. The van der Waals surface area contributed by atoms with Gasteiger partial charge in [-0.2, -0.15) is 5.10 Å². The molecule has 0 aliphatic heterocycles. The number of methoxy groups -OCH3 is 1. The number of hydrogen-bond donors (Lipinski definition) is 1. The maximum Gasteiger partial charge on any atom is 0.0700 e. The fraction of sp³-hybridized carbons (Fsp3) is 0.812. The van der Waals surface area contributed by atoms with E-state index in [0.29, 0.717) is 12.5 Å². The van der Waals surface area contributed by atoms with Crippen molar-refractivity contribution in [2.24, 2.45) is 17.1 Å². The second-order valence-electron chi connectivity index (χ2n) is 6.74. The zero-order chi connectivity index (χ0) is 15.5. The molecule has 0 bridgehead atoms. The molecule has 0 radical (unpaired) electrons. The largest absolute Gasteiger partial charge is 0.383 e. The van der Waals surface area contributed by atoms with E-state index in [9.17, 15) is 0 Å². The van der Waals surface area contributed by atoms with Crippen molar-refractivity contribution in [3.63, 3.8) is 0 Å². The van der Waals surface area contributed by atoms with Gasteiger partial charge in [0.05, 0.1) is 35.6 Å². The predicted molar refractivity (Wildman–Crippen MR) is 89.1 cm³/mol. The second kappa shape index (κ2) is 7.25. The van der Waals surface area contributed by atoms with E-state index in [4.69, 9.17) is 10.5 Å². The summed E-state index contributed by atoms with van der Waals surface area (Å²) in [5, 5.41) is 4.47. The summed E-state index contributed by atoms with van der Waals surface area (Å²) in [5.74, 6) is 0.670. The maximum absolute atomic E-state index is 6.77. The van der Waals surface area contributed by atoms with E-state index in [0.717, 1.165) is 16.7 Å². The van der Waals surface area contributed by atoms with Crippen molar-refractivity contribution in [1.29, 1.82) is 0 Å². The number of aromatic nitrogens is 2. The lowest BCUT2D eigenvalue weighted by atomic mass is 9.72. The third-order valence-electron chi connectivity index (χ3n) is 4.71. The SMILES string of the molecule is COCCn1ncc(Br)c1C(N)C1(CC(C)C)CCCC1. The Kier molecular flexibility index (Phi) is 5.86. The van der Waals surface area contributed by atoms with Crippen LogP contribution in [0.15, 0.2) is 10.7 Å². The minimum atomic E-state index is 0.0381. The molecule has 4 nitrogen and oxygen atoms in total. The Balaban J connectivity index is 2.28. The van der Waals surface area contributed by atoms with Crippen molar-refractivity contribution >= 4 is 15.9 Å². The van der Waals surface area contributed by atoms with E-state index in [2.05, 4.69) is 34.9 Å². The highest BCUT2D eigenvalue weighted by atomic mass is 79.9. The lowest BCUT2D eigenvalue weighted by Gasteiger charge is -2.37. The molecule has 0 saturated heterocycles. The van der Waals surface area contributed by atoms with E-state index in [1.54, 1.807) is 7.11 Å². The normalized spacial score (nSPS) is 19.3. The van der Waals surface area contributed by atoms with Crippen LogP contribution in [0.5, 0.6) is 0 Å². The molecule has 2 rings (SSSR count). The number of nitrogens with zero attached hydrogens (tertiary/aromatic N) is 2. The highest BCUT2D eigenvalue weighted by molar-refractivity contribution is 9.10. The molecule has 1 saturated carbocycles. The quantitative estimate of drug-likeness (QED) is 0.804. The number of halogens is 1. The van der Waals surface area contributed by atoms with Crippen molar-refractivity contribution in [2.75, 3.05) is 13.7 Å². The molecule has 1 fully saturated rings. The van der Waals surface area contributed by atoms with Crippen LogP contribution >= 0.6 is 15.9 Å². The van der Waals surface area contributed by atoms with Crippen LogP contribution in [0.3, 0.4) is 0 Å². The van der Waals surface area contributed by atoms with Gasteiger partial charge in [0.2, 0.25) is 0 Å². The Labute approximate surface area is 136 Å². The summed E-state index contributed by atoms with van der Waals surface area (Å²) in [5.41, 5.74) is 8.13. The summed E-state index contributed by atoms with van der Waals surface area (Å²) >= 11 is 3.64. The average molecular weight is 358 g/mol. The van der Waals surface area contributed by atoms with E-state index >= 15 is 0 Å². The first-order chi connectivity index (χ1) is 10.00. The fourth-order valence-electron chi connectivity index (χ4n) is 3.86. The van der Waals surface area contributed by atoms with Crippen molar-refractivity contribution in [1.82, 2.24) is 9.78 Å². The molecule has 120 valence electrons. The Morgan fingerprint density at radius 3 is 2.67 bits per heavy atom. The molecule has 1 unspecified atom stereocenters. The molecular weight excluding hydrogens is 330 g/mol. The number of hydrogen-bond acceptors (Lipinski definition) is 3. The minimum Gasteiger partial charge on any atom is -0.383 e. The van der Waals surface area contributed by atoms with Gasteiger partial charge in [-0.1, -0.05) is 26.7 Å². The Hall–Kier alpha value is -0.390. The number of rotatable bonds is 7. The van der Waals surface area contributed by atoms with Crippen molar-refractivity contribution in [3.05, 3.63) is 16.4 Å². The van der Waals surface area contributed by atoms with Crippen LogP contribution < -0.4 is 5.73 Å². The fourth-order valence-corrected chi connectivity index (χ4v) is 4.40. The third-order valence-corrected chi connectivity index (χ3v) is 5.32. The first-order valence-corrected chi connectivity index (χ1v) is 8.75. The zero-order valence-corrected chi connectivity index (χ0v) is 15.0. The van der Waals surface area contributed by atoms with Gasteiger partial charge in [0.1, 0.15) is 0 Å². The summed E-state index contributed by atoms with van der Waals surface area (Å²) in [6, 6.07) is 0.0381. The lowest BCUT2D eigenvalue weighted by molar-refractivity contribution is 0.163. The predicted octanol–water partition coefficient (Wildman–Crippen LogP) is 3.90. The van der Waals surface area contributed by atoms with Gasteiger partial charge in [-0.05, 0) is 46.5 Å². The van der Waals surface area contributed by atoms with Gasteiger partial charge in [-0.25, -0.2) is 0 Å². The summed E-state index contributed by atoms with van der Waals surface area (Å²) in [4.78, 5) is 0. The second-order valence-corrected chi connectivity index (χ2v) is 7.59. The van der Waals surface area contributed by atoms with Gasteiger partial charge in [-0.3, -0.25) is 4.68 Å². The van der Waals surface area contributed by atoms with Crippen LogP contribution in [-0.4, -0.2) is 23.5 Å². The average Bonchev–Trinajstić information content (AvgIpc) is 3.03. The standard InChI is InChI=1S/C16H28BrN3O/c1-12(2)10-16(6-4-5-7-16)15(18)14-13(17)11-19-20(14)8-9-21-3/h11-12,15H,4-10,18H2,1-3H3. The molecule has 5 heteroatoms. The van der Waals surface area contributed by atoms with Crippen LogP contribution in [0.2, 0.25) is 0 Å². The minimum absolute atomic E-state index is 0.0381. The van der Waals surface area contributed by atoms with Crippen molar-refractivity contribution < 1.29 is 4.74 Å². The molecule has 1 atom stereocenters. The van der Waals surface area contributed by atoms with E-state index in [1.165, 1.54) is 32.1 Å². The summed E-state index contributed by atoms with van der Waals surface area (Å²) < 4.78 is 8.23. The Morgan fingerprint density at radius 1 is 1.43 bits per heavy atom. The first-order valence-electron chi connectivity index (χ1n) is 7.96. The molecule has 0 aromatic carbocycles. The van der Waals surface area contributed by atoms with Crippen molar-refractivity contribution in [2.45, 2.75) is 58.5 Å². The first kappa shape index (κ1) is 17.0. The molecule has 1 heterocycles. The number of ether oxygens (including phenoxy) is 1. The van der Waals surface area contributed by atoms with Crippen LogP contribution in [-0.2, 0) is 11.3 Å².